The Hall–Kier alpha value is -1.55. The van der Waals surface area contributed by atoms with Gasteiger partial charge in [-0.2, -0.15) is 0 Å². The molecular formula is C20H42N2O8Si3. The second-order valence-corrected chi connectivity index (χ2v) is 22.3. The number of rotatable bonds is 18. The van der Waals surface area contributed by atoms with Gasteiger partial charge in [0.2, 0.25) is 11.8 Å². The average Bonchev–Trinajstić information content (AvgIpc) is 2.63. The van der Waals surface area contributed by atoms with Crippen LogP contribution in [0.25, 0.3) is 0 Å². The van der Waals surface area contributed by atoms with E-state index in [9.17, 15) is 19.2 Å². The molecule has 0 aromatic carbocycles. The molecule has 0 radical (unpaired) electrons. The fourth-order valence-electron chi connectivity index (χ4n) is 3.56. The molecule has 33 heavy (non-hydrogen) atoms. The molecule has 4 N–H and O–H groups in total. The lowest BCUT2D eigenvalue weighted by Crippen LogP contribution is -2.52. The summed E-state index contributed by atoms with van der Waals surface area (Å²) in [6.07, 6.45) is 1.19. The highest BCUT2D eigenvalue weighted by atomic mass is 28.5. The summed E-state index contributed by atoms with van der Waals surface area (Å²) in [5, 5.41) is 22.7. The minimum absolute atomic E-state index is 0.00777. The van der Waals surface area contributed by atoms with E-state index >= 15 is 0 Å². The van der Waals surface area contributed by atoms with Gasteiger partial charge in [-0.15, -0.1) is 0 Å². The minimum Gasteiger partial charge on any atom is -0.481 e. The van der Waals surface area contributed by atoms with Gasteiger partial charge >= 0.3 is 20.5 Å². The van der Waals surface area contributed by atoms with Gasteiger partial charge in [0, 0.05) is 25.9 Å². The van der Waals surface area contributed by atoms with Crippen LogP contribution in [0.4, 0.5) is 0 Å². The Morgan fingerprint density at radius 2 is 0.970 bits per heavy atom. The molecule has 0 fully saturated rings. The molecule has 192 valence electrons. The fourth-order valence-corrected chi connectivity index (χ4v) is 17.6. The Kier molecular flexibility index (Phi) is 14.0. The SMILES string of the molecule is C[Si](C)(CCCNC(=O)CCC(=O)O)O[Si](C)(C)O[Si](C)(C)CCCNC(=O)CCC(=O)O. The van der Waals surface area contributed by atoms with E-state index in [4.69, 9.17) is 18.4 Å². The summed E-state index contributed by atoms with van der Waals surface area (Å²) >= 11 is 0. The van der Waals surface area contributed by atoms with E-state index < -0.39 is 37.1 Å². The van der Waals surface area contributed by atoms with Crippen molar-refractivity contribution in [3.05, 3.63) is 0 Å². The van der Waals surface area contributed by atoms with E-state index in [0.29, 0.717) is 13.1 Å². The van der Waals surface area contributed by atoms with Gasteiger partial charge in [0.1, 0.15) is 0 Å². The Labute approximate surface area is 200 Å². The molecule has 2 amide bonds. The molecule has 0 atom stereocenters. The van der Waals surface area contributed by atoms with E-state index in [2.05, 4.69) is 49.9 Å². The van der Waals surface area contributed by atoms with Gasteiger partial charge in [-0.3, -0.25) is 19.2 Å². The number of carbonyl (C=O) groups is 4. The van der Waals surface area contributed by atoms with Crippen LogP contribution < -0.4 is 10.6 Å². The average molecular weight is 523 g/mol. The van der Waals surface area contributed by atoms with Crippen molar-refractivity contribution in [2.45, 2.75) is 89.9 Å². The van der Waals surface area contributed by atoms with Crippen LogP contribution in [0.15, 0.2) is 0 Å². The normalized spacial score (nSPS) is 12.3. The highest BCUT2D eigenvalue weighted by molar-refractivity contribution is 6.87. The second kappa shape index (κ2) is 14.7. The smallest absolute Gasteiger partial charge is 0.311 e. The van der Waals surface area contributed by atoms with E-state index in [1.165, 1.54) is 0 Å². The molecular weight excluding hydrogens is 480 g/mol. The number of carbonyl (C=O) groups excluding carboxylic acids is 2. The molecule has 0 saturated heterocycles. The van der Waals surface area contributed by atoms with Gasteiger partial charge in [0.15, 0.2) is 16.6 Å². The van der Waals surface area contributed by atoms with Gasteiger partial charge in [-0.1, -0.05) is 0 Å². The lowest BCUT2D eigenvalue weighted by molar-refractivity contribution is -0.139. The molecule has 0 saturated carbocycles. The summed E-state index contributed by atoms with van der Waals surface area (Å²) < 4.78 is 13.0. The number of nitrogens with one attached hydrogen (secondary N) is 2. The Morgan fingerprint density at radius 3 is 1.27 bits per heavy atom. The molecule has 0 aliphatic rings. The van der Waals surface area contributed by atoms with Crippen LogP contribution in [0.2, 0.25) is 51.4 Å². The summed E-state index contributed by atoms with van der Waals surface area (Å²) in [7, 11) is -6.39. The number of carboxylic acid groups (broad SMARTS) is 2. The Bertz CT molecular complexity index is 618. The van der Waals surface area contributed by atoms with E-state index in [1.54, 1.807) is 0 Å². The number of carboxylic acids is 2. The number of aliphatic carboxylic acids is 2. The van der Waals surface area contributed by atoms with E-state index in [1.807, 2.05) is 0 Å². The number of hydrogen-bond donors (Lipinski definition) is 4. The minimum atomic E-state index is -2.37. The third-order valence-electron chi connectivity index (χ3n) is 4.73. The Balaban J connectivity index is 4.33. The zero-order valence-electron chi connectivity index (χ0n) is 20.9. The maximum absolute atomic E-state index is 11.6. The molecule has 13 heteroatoms. The highest BCUT2D eigenvalue weighted by Crippen LogP contribution is 2.25. The van der Waals surface area contributed by atoms with Crippen LogP contribution in [0.3, 0.4) is 0 Å². The first kappa shape index (κ1) is 31.5. The summed E-state index contributed by atoms with van der Waals surface area (Å²) in [5.74, 6) is -2.46. The largest absolute Gasteiger partial charge is 0.481 e. The molecule has 0 bridgehead atoms. The van der Waals surface area contributed by atoms with Crippen molar-refractivity contribution in [2.75, 3.05) is 13.1 Å². The van der Waals surface area contributed by atoms with Crippen LogP contribution in [-0.2, 0) is 27.4 Å². The number of hydrogen-bond acceptors (Lipinski definition) is 6. The van der Waals surface area contributed by atoms with Gasteiger partial charge in [-0.25, -0.2) is 0 Å². The van der Waals surface area contributed by atoms with Gasteiger partial charge in [0.25, 0.3) is 0 Å². The van der Waals surface area contributed by atoms with E-state index in [-0.39, 0.29) is 37.5 Å². The predicted molar refractivity (Wildman–Crippen MR) is 133 cm³/mol. The molecule has 0 unspecified atom stereocenters. The second-order valence-electron chi connectivity index (χ2n) is 9.82. The third kappa shape index (κ3) is 18.6. The van der Waals surface area contributed by atoms with Crippen molar-refractivity contribution >= 4 is 48.9 Å². The molecule has 0 aromatic rings. The van der Waals surface area contributed by atoms with Gasteiger partial charge < -0.3 is 29.1 Å². The molecule has 0 aliphatic heterocycles. The Morgan fingerprint density at radius 1 is 0.636 bits per heavy atom. The lowest BCUT2D eigenvalue weighted by Gasteiger charge is -2.38. The first-order valence-corrected chi connectivity index (χ1v) is 20.5. The molecule has 0 heterocycles. The topological polar surface area (TPSA) is 151 Å². The molecule has 0 aromatic heterocycles. The third-order valence-corrected chi connectivity index (χ3v) is 16.2. The quantitative estimate of drug-likeness (QED) is 0.158. The standard InChI is InChI=1S/C20H42N2O8Si3/c1-31(2,15-7-13-21-17(23)9-11-19(25)26)29-33(5,6)30-32(3,4)16-8-14-22-18(24)10-12-20(27)28/h7-16H2,1-6H3,(H,21,23)(H,22,24)(H,25,26)(H,27,28). The van der Waals surface area contributed by atoms with Crippen molar-refractivity contribution in [2.24, 2.45) is 0 Å². The van der Waals surface area contributed by atoms with Gasteiger partial charge in [-0.05, 0) is 64.2 Å². The van der Waals surface area contributed by atoms with Crippen molar-refractivity contribution in [3.63, 3.8) is 0 Å². The van der Waals surface area contributed by atoms with Crippen molar-refractivity contribution in [1.29, 1.82) is 0 Å². The zero-order chi connectivity index (χ0) is 25.7. The van der Waals surface area contributed by atoms with Gasteiger partial charge in [0.05, 0.1) is 12.8 Å². The highest BCUT2D eigenvalue weighted by Gasteiger charge is 2.39. The van der Waals surface area contributed by atoms with Crippen molar-refractivity contribution < 1.29 is 37.6 Å². The maximum atomic E-state index is 11.6. The van der Waals surface area contributed by atoms with Crippen LogP contribution in [0, 0.1) is 0 Å². The van der Waals surface area contributed by atoms with E-state index in [0.717, 1.165) is 24.9 Å². The monoisotopic (exact) mass is 522 g/mol. The predicted octanol–water partition coefficient (Wildman–Crippen LogP) is 2.87. The van der Waals surface area contributed by atoms with Crippen LogP contribution in [0.1, 0.15) is 38.5 Å². The molecule has 0 rings (SSSR count). The summed E-state index contributed by atoms with van der Waals surface area (Å²) in [6, 6.07) is 1.71. The summed E-state index contributed by atoms with van der Waals surface area (Å²) in [4.78, 5) is 44.2. The first-order valence-electron chi connectivity index (χ1n) is 11.4. The molecule has 10 nitrogen and oxygen atoms in total. The molecule has 0 spiro atoms. The van der Waals surface area contributed by atoms with Crippen LogP contribution in [0.5, 0.6) is 0 Å². The van der Waals surface area contributed by atoms with Crippen molar-refractivity contribution in [1.82, 2.24) is 10.6 Å². The van der Waals surface area contributed by atoms with Crippen LogP contribution in [-0.4, -0.2) is 72.3 Å². The van der Waals surface area contributed by atoms with Crippen LogP contribution >= 0.6 is 0 Å². The number of amides is 2. The summed E-state index contributed by atoms with van der Waals surface area (Å²) in [5.41, 5.74) is 0. The van der Waals surface area contributed by atoms with Crippen molar-refractivity contribution in [3.8, 4) is 0 Å². The summed E-state index contributed by atoms with van der Waals surface area (Å²) in [6.45, 7) is 13.7. The molecule has 0 aliphatic carbocycles. The lowest BCUT2D eigenvalue weighted by atomic mass is 10.3. The zero-order valence-corrected chi connectivity index (χ0v) is 23.9. The fraction of sp³-hybridized carbons (Fsp3) is 0.800. The first-order chi connectivity index (χ1) is 15.0. The maximum Gasteiger partial charge on any atom is 0.311 e.